The van der Waals surface area contributed by atoms with Crippen molar-refractivity contribution in [2.75, 3.05) is 50.0 Å². The van der Waals surface area contributed by atoms with Crippen LogP contribution in [0, 0.1) is 0 Å². The number of benzene rings is 4. The van der Waals surface area contributed by atoms with Crippen molar-refractivity contribution in [2.45, 2.75) is 39.2 Å². The number of aromatic nitrogens is 8. The van der Waals surface area contributed by atoms with Crippen molar-refractivity contribution < 1.29 is 0 Å². The molecule has 5 heterocycles. The normalized spacial score (nSPS) is 12.1. The molecule has 0 aliphatic carbocycles. The quantitative estimate of drug-likeness (QED) is 0.141. The summed E-state index contributed by atoms with van der Waals surface area (Å²) in [5.74, 6) is 2.41. The molecule has 282 valence electrons. The van der Waals surface area contributed by atoms with Crippen LogP contribution in [-0.4, -0.2) is 89.9 Å². The van der Waals surface area contributed by atoms with Gasteiger partial charge >= 0.3 is 0 Å². The highest BCUT2D eigenvalue weighted by Crippen LogP contribution is 2.45. The van der Waals surface area contributed by atoms with Gasteiger partial charge in [0, 0.05) is 83.0 Å². The largest absolute Gasteiger partial charge is 0.324 e. The van der Waals surface area contributed by atoms with E-state index in [1.54, 1.807) is 94.1 Å². The third-order valence-electron chi connectivity index (χ3n) is 9.85. The van der Waals surface area contributed by atoms with Gasteiger partial charge in [0.05, 0.1) is 0 Å². The van der Waals surface area contributed by atoms with Crippen molar-refractivity contribution in [3.63, 3.8) is 0 Å². The Morgan fingerprint density at radius 3 is 0.679 bits per heavy atom. The molecule has 0 atom stereocenters. The van der Waals surface area contributed by atoms with Crippen molar-refractivity contribution >= 4 is 138 Å². The van der Waals surface area contributed by atoms with Gasteiger partial charge in [-0.15, -0.1) is 94.1 Å². The number of thioether (sulfide) groups is 8. The Bertz CT molecular complexity index is 2560. The van der Waals surface area contributed by atoms with Crippen LogP contribution in [0.5, 0.6) is 0 Å². The van der Waals surface area contributed by atoms with Crippen molar-refractivity contribution in [3.8, 4) is 45.6 Å². The highest BCUT2D eigenvalue weighted by atomic mass is 32.2. The van der Waals surface area contributed by atoms with E-state index in [1.807, 2.05) is 0 Å². The van der Waals surface area contributed by atoms with E-state index in [-0.39, 0.29) is 0 Å². The summed E-state index contributed by atoms with van der Waals surface area (Å²) in [5.41, 5.74) is 6.54. The SMILES string of the molecule is CSc1cc2c(cc1SC)-c1nc-2nc2[nH]c(nc3nc(nc4[nH]c(n1)c1cc(SC)c(SC)cc41)-c1cc(SC)c(SC)cc1-3)c1cc(SC)c(SC)cc21. The molecular weight excluding hydrogens is 849 g/mol. The molecule has 2 N–H and O–H groups in total. The molecule has 9 rings (SSSR count). The molecule has 8 nitrogen and oxygen atoms in total. The number of H-pyrrole nitrogens is 2. The molecule has 0 saturated carbocycles. The van der Waals surface area contributed by atoms with Crippen molar-refractivity contribution in [3.05, 3.63) is 48.5 Å². The summed E-state index contributed by atoms with van der Waals surface area (Å²) < 4.78 is 0. The Labute approximate surface area is 358 Å². The average Bonchev–Trinajstić information content (AvgIpc) is 3.95. The zero-order valence-electron chi connectivity index (χ0n) is 31.6. The minimum absolute atomic E-state index is 0.603. The van der Waals surface area contributed by atoms with Crippen LogP contribution in [0.4, 0.5) is 0 Å². The number of hydrogen-bond donors (Lipinski definition) is 2. The van der Waals surface area contributed by atoms with Crippen molar-refractivity contribution in [1.82, 2.24) is 39.9 Å². The van der Waals surface area contributed by atoms with E-state index in [0.29, 0.717) is 45.9 Å². The molecule has 0 amide bonds. The Morgan fingerprint density at radius 1 is 0.286 bits per heavy atom. The standard InChI is InChI=1S/C40H34N8S8/c1-49-25-9-17-18(10-26(25)50-2)34-41-33(17)45-35-19-11-27(51-3)28(52-4)12-20(19)37(42-35)47-39-23-15-31(55-7)32(56-8)16-24(23)40(44-39)48-38-22-14-30(54-6)29(53-5)13-21(22)36(43-38)46-34/h9-16H,1-8H3,(H2,41,42,43,44,45,46,47,48). The molecule has 8 bridgehead atoms. The Hall–Kier alpha value is -2.96. The zero-order valence-corrected chi connectivity index (χ0v) is 38.1. The average molecular weight is 883 g/mol. The fourth-order valence-electron chi connectivity index (χ4n) is 7.09. The monoisotopic (exact) mass is 882 g/mol. The minimum Gasteiger partial charge on any atom is -0.324 e. The minimum atomic E-state index is 0.603. The predicted molar refractivity (Wildman–Crippen MR) is 250 cm³/mol. The topological polar surface area (TPSA) is 109 Å². The second kappa shape index (κ2) is 15.7. The molecule has 3 aromatic heterocycles. The fraction of sp³-hybridized carbons (Fsp3) is 0.200. The summed E-state index contributed by atoms with van der Waals surface area (Å²) in [6, 6.07) is 17.7. The maximum atomic E-state index is 5.33. The summed E-state index contributed by atoms with van der Waals surface area (Å²) >= 11 is 13.8. The first-order chi connectivity index (χ1) is 27.3. The van der Waals surface area contributed by atoms with Crippen molar-refractivity contribution in [1.29, 1.82) is 0 Å². The van der Waals surface area contributed by atoms with E-state index >= 15 is 0 Å². The molecule has 2 aliphatic heterocycles. The molecule has 0 unspecified atom stereocenters. The maximum Gasteiger partial charge on any atom is 0.164 e. The van der Waals surface area contributed by atoms with E-state index in [0.717, 1.165) is 43.8 Å². The molecule has 0 fully saturated rings. The van der Waals surface area contributed by atoms with Gasteiger partial charge in [-0.25, -0.2) is 29.9 Å². The van der Waals surface area contributed by atoms with Gasteiger partial charge in [-0.2, -0.15) is 0 Å². The smallest absolute Gasteiger partial charge is 0.164 e. The molecule has 16 heteroatoms. The van der Waals surface area contributed by atoms with Crippen molar-refractivity contribution in [2.24, 2.45) is 0 Å². The van der Waals surface area contributed by atoms with Crippen LogP contribution in [0.3, 0.4) is 0 Å². The van der Waals surface area contributed by atoms with Gasteiger partial charge in [0.25, 0.3) is 0 Å². The summed E-state index contributed by atoms with van der Waals surface area (Å²) in [4.78, 5) is 48.4. The molecular formula is C40H34N8S8. The number of rotatable bonds is 8. The third-order valence-corrected chi connectivity index (χ3v) is 16.6. The predicted octanol–water partition coefficient (Wildman–Crippen LogP) is 12.6. The summed E-state index contributed by atoms with van der Waals surface area (Å²) in [7, 11) is 0. The third kappa shape index (κ3) is 6.42. The lowest BCUT2D eigenvalue weighted by molar-refractivity contribution is 1.19. The van der Waals surface area contributed by atoms with Gasteiger partial charge in [-0.3, -0.25) is 0 Å². The molecule has 56 heavy (non-hydrogen) atoms. The number of fused-ring (bicyclic) bond motifs is 20. The lowest BCUT2D eigenvalue weighted by Crippen LogP contribution is -1.87. The van der Waals surface area contributed by atoms with E-state index < -0.39 is 0 Å². The lowest BCUT2D eigenvalue weighted by atomic mass is 10.1. The summed E-state index contributed by atoms with van der Waals surface area (Å²) in [5, 5.41) is 3.89. The van der Waals surface area contributed by atoms with E-state index in [1.165, 1.54) is 39.2 Å². The van der Waals surface area contributed by atoms with Gasteiger partial charge in [0.15, 0.2) is 23.3 Å². The second-order valence-electron chi connectivity index (χ2n) is 12.6. The summed E-state index contributed by atoms with van der Waals surface area (Å²) in [6.45, 7) is 0. The molecule has 0 saturated heterocycles. The van der Waals surface area contributed by atoms with Crippen LogP contribution in [0.1, 0.15) is 0 Å². The Balaban J connectivity index is 1.50. The first kappa shape index (κ1) is 38.6. The number of nitrogens with zero attached hydrogens (tertiary/aromatic N) is 6. The molecule has 2 aliphatic rings. The first-order valence-electron chi connectivity index (χ1n) is 17.2. The summed E-state index contributed by atoms with van der Waals surface area (Å²) in [6.07, 6.45) is 16.9. The Morgan fingerprint density at radius 2 is 0.482 bits per heavy atom. The Kier molecular flexibility index (Phi) is 10.8. The number of hydrogen-bond acceptors (Lipinski definition) is 14. The van der Waals surface area contributed by atoms with Crippen LogP contribution in [0.2, 0.25) is 0 Å². The van der Waals surface area contributed by atoms with Gasteiger partial charge in [0.2, 0.25) is 0 Å². The second-order valence-corrected chi connectivity index (χ2v) is 19.4. The van der Waals surface area contributed by atoms with E-state index in [2.05, 4.69) is 109 Å². The number of nitrogens with one attached hydrogen (secondary N) is 2. The van der Waals surface area contributed by atoms with Crippen LogP contribution >= 0.6 is 94.1 Å². The van der Waals surface area contributed by atoms with Gasteiger partial charge in [-0.05, 0) is 98.6 Å². The highest BCUT2D eigenvalue weighted by molar-refractivity contribution is 8.02. The molecule has 0 radical (unpaired) electrons. The number of aromatic amines is 2. The molecule has 4 aromatic carbocycles. The zero-order chi connectivity index (χ0) is 38.8. The lowest BCUT2D eigenvalue weighted by Gasteiger charge is -2.08. The van der Waals surface area contributed by atoms with Crippen LogP contribution in [0.25, 0.3) is 89.7 Å². The first-order valence-corrected chi connectivity index (χ1v) is 27.0. The van der Waals surface area contributed by atoms with E-state index in [4.69, 9.17) is 29.9 Å². The maximum absolute atomic E-state index is 5.33. The van der Waals surface area contributed by atoms with E-state index in [9.17, 15) is 0 Å². The molecule has 0 spiro atoms. The van der Waals surface area contributed by atoms with Crippen LogP contribution in [-0.2, 0) is 0 Å². The molecule has 7 aromatic rings. The van der Waals surface area contributed by atoms with Gasteiger partial charge < -0.3 is 9.97 Å². The van der Waals surface area contributed by atoms with Gasteiger partial charge in [0.1, 0.15) is 22.6 Å². The highest BCUT2D eigenvalue weighted by Gasteiger charge is 2.25. The fourth-order valence-corrected chi connectivity index (χ4v) is 13.1. The van der Waals surface area contributed by atoms with Gasteiger partial charge in [-0.1, -0.05) is 0 Å². The van der Waals surface area contributed by atoms with Crippen LogP contribution < -0.4 is 0 Å². The van der Waals surface area contributed by atoms with Crippen LogP contribution in [0.15, 0.2) is 87.7 Å².